The van der Waals surface area contributed by atoms with Gasteiger partial charge in [0.25, 0.3) is 0 Å². The lowest BCUT2D eigenvalue weighted by molar-refractivity contribution is 0.460. The topological polar surface area (TPSA) is 21.3 Å². The highest BCUT2D eigenvalue weighted by Crippen LogP contribution is 2.33. The Labute approximate surface area is 126 Å². The van der Waals surface area contributed by atoms with E-state index in [-0.39, 0.29) is 10.8 Å². The van der Waals surface area contributed by atoms with E-state index in [0.29, 0.717) is 29.6 Å². The third-order valence-corrected chi connectivity index (χ3v) is 3.63. The van der Waals surface area contributed by atoms with Crippen molar-refractivity contribution >= 4 is 11.6 Å². The van der Waals surface area contributed by atoms with Gasteiger partial charge in [-0.2, -0.15) is 0 Å². The smallest absolute Gasteiger partial charge is 0.146 e. The Morgan fingerprint density at radius 1 is 1.14 bits per heavy atom. The molecule has 1 aliphatic carbocycles. The molecule has 5 heteroatoms. The molecule has 1 saturated carbocycles. The number of rotatable bonds is 5. The Morgan fingerprint density at radius 2 is 1.95 bits per heavy atom. The number of nitrogens with one attached hydrogen (secondary N) is 1. The molecule has 0 unspecified atom stereocenters. The zero-order valence-corrected chi connectivity index (χ0v) is 12.0. The molecule has 0 aromatic heterocycles. The Hall–Kier alpha value is -1.65. The van der Waals surface area contributed by atoms with Crippen LogP contribution in [0.4, 0.5) is 8.78 Å². The van der Waals surface area contributed by atoms with E-state index >= 15 is 0 Å². The standard InChI is InChI=1S/C16H14ClF2NO/c17-13-8-10(18)4-7-16(13)21-15-3-1-2-14(19)12(15)9-20-11-5-6-11/h1-4,7-8,11,20H,5-6,9H2. The van der Waals surface area contributed by atoms with Crippen molar-refractivity contribution in [2.45, 2.75) is 25.4 Å². The summed E-state index contributed by atoms with van der Waals surface area (Å²) < 4.78 is 32.7. The van der Waals surface area contributed by atoms with Crippen LogP contribution in [0.5, 0.6) is 11.5 Å². The fraction of sp³-hybridized carbons (Fsp3) is 0.250. The zero-order valence-electron chi connectivity index (χ0n) is 11.2. The molecule has 3 rings (SSSR count). The Bertz CT molecular complexity index is 659. The quantitative estimate of drug-likeness (QED) is 0.867. The molecular weight excluding hydrogens is 296 g/mol. The van der Waals surface area contributed by atoms with Gasteiger partial charge in [-0.3, -0.25) is 0 Å². The van der Waals surface area contributed by atoms with Gasteiger partial charge < -0.3 is 10.1 Å². The average molecular weight is 310 g/mol. The van der Waals surface area contributed by atoms with E-state index in [9.17, 15) is 8.78 Å². The number of halogens is 3. The predicted molar refractivity (Wildman–Crippen MR) is 77.7 cm³/mol. The van der Waals surface area contributed by atoms with Gasteiger partial charge in [0.15, 0.2) is 0 Å². The summed E-state index contributed by atoms with van der Waals surface area (Å²) in [6, 6.07) is 8.95. The molecule has 110 valence electrons. The van der Waals surface area contributed by atoms with Crippen LogP contribution in [0.15, 0.2) is 36.4 Å². The van der Waals surface area contributed by atoms with Crippen molar-refractivity contribution in [3.05, 3.63) is 58.6 Å². The van der Waals surface area contributed by atoms with Crippen molar-refractivity contribution in [2.75, 3.05) is 0 Å². The molecule has 1 fully saturated rings. The first-order valence-corrected chi connectivity index (χ1v) is 7.15. The number of hydrogen-bond acceptors (Lipinski definition) is 2. The summed E-state index contributed by atoms with van der Waals surface area (Å²) >= 11 is 5.93. The molecule has 0 aliphatic heterocycles. The summed E-state index contributed by atoms with van der Waals surface area (Å²) in [7, 11) is 0. The monoisotopic (exact) mass is 309 g/mol. The molecule has 0 spiro atoms. The summed E-state index contributed by atoms with van der Waals surface area (Å²) in [5.74, 6) is -0.0888. The Kier molecular flexibility index (Phi) is 4.08. The van der Waals surface area contributed by atoms with Crippen LogP contribution >= 0.6 is 11.6 Å². The van der Waals surface area contributed by atoms with Crippen LogP contribution in [0, 0.1) is 11.6 Å². The van der Waals surface area contributed by atoms with E-state index in [0.717, 1.165) is 18.9 Å². The second-order valence-corrected chi connectivity index (χ2v) is 5.46. The van der Waals surface area contributed by atoms with E-state index in [2.05, 4.69) is 5.32 Å². The van der Waals surface area contributed by atoms with Crippen molar-refractivity contribution < 1.29 is 13.5 Å². The molecule has 0 radical (unpaired) electrons. The number of hydrogen-bond donors (Lipinski definition) is 1. The fourth-order valence-electron chi connectivity index (χ4n) is 2.02. The highest BCUT2D eigenvalue weighted by atomic mass is 35.5. The van der Waals surface area contributed by atoms with Gasteiger partial charge in [0.05, 0.1) is 5.02 Å². The van der Waals surface area contributed by atoms with Gasteiger partial charge in [-0.15, -0.1) is 0 Å². The third kappa shape index (κ3) is 3.52. The molecule has 2 aromatic carbocycles. The van der Waals surface area contributed by atoms with E-state index in [1.54, 1.807) is 12.1 Å². The van der Waals surface area contributed by atoms with Gasteiger partial charge in [-0.05, 0) is 43.2 Å². The molecule has 0 amide bonds. The normalized spacial score (nSPS) is 14.2. The van der Waals surface area contributed by atoms with Crippen LogP contribution in [-0.4, -0.2) is 6.04 Å². The SMILES string of the molecule is Fc1ccc(Oc2cccc(F)c2CNC2CC2)c(Cl)c1. The van der Waals surface area contributed by atoms with Gasteiger partial charge in [0.2, 0.25) is 0 Å². The van der Waals surface area contributed by atoms with Crippen molar-refractivity contribution in [1.29, 1.82) is 0 Å². The molecule has 2 aromatic rings. The molecule has 0 heterocycles. The minimum absolute atomic E-state index is 0.153. The van der Waals surface area contributed by atoms with Crippen LogP contribution in [0.3, 0.4) is 0 Å². The first-order chi connectivity index (χ1) is 10.1. The van der Waals surface area contributed by atoms with Crippen LogP contribution < -0.4 is 10.1 Å². The summed E-state index contributed by atoms with van der Waals surface area (Å²) in [6.07, 6.45) is 2.24. The molecule has 2 nitrogen and oxygen atoms in total. The molecule has 0 saturated heterocycles. The molecule has 21 heavy (non-hydrogen) atoms. The van der Waals surface area contributed by atoms with Gasteiger partial charge in [-0.1, -0.05) is 17.7 Å². The first kappa shape index (κ1) is 14.3. The molecular formula is C16H14ClF2NO. The third-order valence-electron chi connectivity index (χ3n) is 3.33. The summed E-state index contributed by atoms with van der Waals surface area (Å²) in [6.45, 7) is 0.394. The number of benzene rings is 2. The minimum Gasteiger partial charge on any atom is -0.455 e. The van der Waals surface area contributed by atoms with Crippen molar-refractivity contribution in [1.82, 2.24) is 5.32 Å². The van der Waals surface area contributed by atoms with Gasteiger partial charge >= 0.3 is 0 Å². The van der Waals surface area contributed by atoms with Crippen LogP contribution in [0.2, 0.25) is 5.02 Å². The largest absolute Gasteiger partial charge is 0.455 e. The lowest BCUT2D eigenvalue weighted by atomic mass is 10.2. The van der Waals surface area contributed by atoms with E-state index in [4.69, 9.17) is 16.3 Å². The Balaban J connectivity index is 1.84. The second-order valence-electron chi connectivity index (χ2n) is 5.05. The van der Waals surface area contributed by atoms with Crippen LogP contribution in [0.25, 0.3) is 0 Å². The molecule has 0 bridgehead atoms. The fourth-order valence-corrected chi connectivity index (χ4v) is 2.22. The summed E-state index contributed by atoms with van der Waals surface area (Å²) in [5, 5.41) is 3.40. The minimum atomic E-state index is -0.442. The summed E-state index contributed by atoms with van der Waals surface area (Å²) in [4.78, 5) is 0. The lowest BCUT2D eigenvalue weighted by Gasteiger charge is -2.13. The second kappa shape index (κ2) is 6.00. The van der Waals surface area contributed by atoms with Crippen molar-refractivity contribution in [2.24, 2.45) is 0 Å². The predicted octanol–water partition coefficient (Wildman–Crippen LogP) is 4.66. The highest BCUT2D eigenvalue weighted by molar-refractivity contribution is 6.32. The zero-order chi connectivity index (χ0) is 14.8. The Morgan fingerprint density at radius 3 is 2.67 bits per heavy atom. The molecule has 0 atom stereocenters. The van der Waals surface area contributed by atoms with E-state index in [1.165, 1.54) is 18.2 Å². The maximum Gasteiger partial charge on any atom is 0.146 e. The number of ether oxygens (including phenoxy) is 1. The first-order valence-electron chi connectivity index (χ1n) is 6.77. The van der Waals surface area contributed by atoms with Crippen molar-refractivity contribution in [3.8, 4) is 11.5 Å². The highest BCUT2D eigenvalue weighted by Gasteiger charge is 2.22. The van der Waals surface area contributed by atoms with E-state index < -0.39 is 5.82 Å². The van der Waals surface area contributed by atoms with Gasteiger partial charge in [-0.25, -0.2) is 8.78 Å². The maximum absolute atomic E-state index is 14.0. The maximum atomic E-state index is 14.0. The lowest BCUT2D eigenvalue weighted by Crippen LogP contribution is -2.16. The van der Waals surface area contributed by atoms with E-state index in [1.807, 2.05) is 0 Å². The van der Waals surface area contributed by atoms with Gasteiger partial charge in [0, 0.05) is 18.2 Å². The van der Waals surface area contributed by atoms with Gasteiger partial charge in [0.1, 0.15) is 23.1 Å². The molecule has 1 N–H and O–H groups in total. The van der Waals surface area contributed by atoms with Crippen LogP contribution in [0.1, 0.15) is 18.4 Å². The molecule has 1 aliphatic rings. The van der Waals surface area contributed by atoms with Crippen LogP contribution in [-0.2, 0) is 6.54 Å². The van der Waals surface area contributed by atoms with Crippen molar-refractivity contribution in [3.63, 3.8) is 0 Å². The average Bonchev–Trinajstić information content (AvgIpc) is 3.25. The summed E-state index contributed by atoms with van der Waals surface area (Å²) in [5.41, 5.74) is 0.449.